The van der Waals surface area contributed by atoms with E-state index in [1.165, 1.54) is 0 Å². The highest BCUT2D eigenvalue weighted by Gasteiger charge is 2.45. The summed E-state index contributed by atoms with van der Waals surface area (Å²) in [6, 6.07) is 9.91. The third-order valence-electron chi connectivity index (χ3n) is 5.02. The smallest absolute Gasteiger partial charge is 0.176 e. The van der Waals surface area contributed by atoms with Gasteiger partial charge in [-0.15, -0.1) is 0 Å². The van der Waals surface area contributed by atoms with Crippen molar-refractivity contribution in [2.45, 2.75) is 38.4 Å². The molecular formula is C20H22ClN3O2S. The molecule has 0 unspecified atom stereocenters. The van der Waals surface area contributed by atoms with Crippen molar-refractivity contribution in [3.05, 3.63) is 52.8 Å². The van der Waals surface area contributed by atoms with Crippen LogP contribution in [-0.4, -0.2) is 38.6 Å². The molecule has 1 saturated heterocycles. The number of thioether (sulfide) groups is 1. The summed E-state index contributed by atoms with van der Waals surface area (Å²) in [5.74, 6) is 1.43. The van der Waals surface area contributed by atoms with Crippen molar-refractivity contribution >= 4 is 28.5 Å². The van der Waals surface area contributed by atoms with Gasteiger partial charge in [0.05, 0.1) is 23.4 Å². The fourth-order valence-electron chi connectivity index (χ4n) is 3.74. The first-order valence-electron chi connectivity index (χ1n) is 9.19. The quantitative estimate of drug-likeness (QED) is 0.775. The van der Waals surface area contributed by atoms with Crippen LogP contribution in [0.4, 0.5) is 0 Å². The van der Waals surface area contributed by atoms with E-state index in [1.807, 2.05) is 37.3 Å². The van der Waals surface area contributed by atoms with Gasteiger partial charge in [-0.05, 0) is 43.2 Å². The normalized spacial score (nSPS) is 24.0. The number of aromatic hydroxyl groups is 1. The number of aliphatic imine (C=N–C) groups is 1. The topological polar surface area (TPSA) is 58.0 Å². The third kappa shape index (κ3) is 3.25. The SMILES string of the molecule is CCOc1cc([C@@H]2[C@@H](c3ccccn3)N=C3SC[C@@H](CC)N32)cc(Cl)c1O. The lowest BCUT2D eigenvalue weighted by atomic mass is 9.95. The Balaban J connectivity index is 1.82. The van der Waals surface area contributed by atoms with Crippen LogP contribution in [0.2, 0.25) is 5.02 Å². The number of hydrogen-bond donors (Lipinski definition) is 1. The number of aromatic nitrogens is 1. The van der Waals surface area contributed by atoms with E-state index in [0.717, 1.165) is 28.6 Å². The van der Waals surface area contributed by atoms with E-state index in [0.29, 0.717) is 23.4 Å². The van der Waals surface area contributed by atoms with Crippen LogP contribution < -0.4 is 4.74 Å². The lowest BCUT2D eigenvalue weighted by molar-refractivity contribution is 0.253. The number of ether oxygens (including phenoxy) is 1. The Hall–Kier alpha value is -1.92. The molecule has 2 aliphatic rings. The lowest BCUT2D eigenvalue weighted by Crippen LogP contribution is -2.35. The van der Waals surface area contributed by atoms with Crippen LogP contribution >= 0.6 is 23.4 Å². The minimum absolute atomic E-state index is 0.0152. The van der Waals surface area contributed by atoms with E-state index in [2.05, 4.69) is 16.8 Å². The molecule has 0 bridgehead atoms. The van der Waals surface area contributed by atoms with E-state index in [-0.39, 0.29) is 17.8 Å². The average molecular weight is 404 g/mol. The van der Waals surface area contributed by atoms with Crippen molar-refractivity contribution < 1.29 is 9.84 Å². The molecule has 7 heteroatoms. The predicted molar refractivity (Wildman–Crippen MR) is 110 cm³/mol. The number of rotatable bonds is 5. The first-order chi connectivity index (χ1) is 13.1. The Morgan fingerprint density at radius 3 is 2.89 bits per heavy atom. The average Bonchev–Trinajstić information content (AvgIpc) is 3.25. The molecule has 2 aromatic rings. The zero-order valence-electron chi connectivity index (χ0n) is 15.3. The molecule has 4 rings (SSSR count). The Morgan fingerprint density at radius 1 is 1.33 bits per heavy atom. The van der Waals surface area contributed by atoms with E-state index < -0.39 is 0 Å². The second-order valence-corrected chi connectivity index (χ2v) is 8.01. The minimum Gasteiger partial charge on any atom is -0.503 e. The molecule has 2 aliphatic heterocycles. The van der Waals surface area contributed by atoms with Crippen LogP contribution in [0.25, 0.3) is 0 Å². The van der Waals surface area contributed by atoms with Crippen LogP contribution in [0.5, 0.6) is 11.5 Å². The second kappa shape index (κ2) is 7.60. The zero-order valence-corrected chi connectivity index (χ0v) is 16.9. The molecule has 1 aromatic heterocycles. The van der Waals surface area contributed by atoms with E-state index in [1.54, 1.807) is 18.0 Å². The van der Waals surface area contributed by atoms with Crippen molar-refractivity contribution in [3.8, 4) is 11.5 Å². The lowest BCUT2D eigenvalue weighted by Gasteiger charge is -2.32. The fourth-order valence-corrected chi connectivity index (χ4v) is 5.30. The molecule has 0 spiro atoms. The van der Waals surface area contributed by atoms with Gasteiger partial charge in [-0.3, -0.25) is 9.98 Å². The summed E-state index contributed by atoms with van der Waals surface area (Å²) in [5.41, 5.74) is 1.92. The highest BCUT2D eigenvalue weighted by Crippen LogP contribution is 2.50. The minimum atomic E-state index is -0.113. The monoisotopic (exact) mass is 403 g/mol. The van der Waals surface area contributed by atoms with E-state index in [4.69, 9.17) is 21.3 Å². The van der Waals surface area contributed by atoms with Gasteiger partial charge in [0.25, 0.3) is 0 Å². The fraction of sp³-hybridized carbons (Fsp3) is 0.400. The molecule has 142 valence electrons. The van der Waals surface area contributed by atoms with Gasteiger partial charge in [-0.2, -0.15) is 0 Å². The van der Waals surface area contributed by atoms with Crippen LogP contribution in [0.15, 0.2) is 41.5 Å². The molecular weight excluding hydrogens is 382 g/mol. The molecule has 1 N–H and O–H groups in total. The number of nitrogens with zero attached hydrogens (tertiary/aromatic N) is 3. The number of phenols is 1. The molecule has 5 nitrogen and oxygen atoms in total. The number of benzene rings is 1. The van der Waals surface area contributed by atoms with Crippen molar-refractivity contribution in [1.82, 2.24) is 9.88 Å². The maximum absolute atomic E-state index is 10.2. The predicted octanol–water partition coefficient (Wildman–Crippen LogP) is 4.82. The van der Waals surface area contributed by atoms with E-state index in [9.17, 15) is 5.11 Å². The first kappa shape index (κ1) is 18.4. The Labute approximate surface area is 168 Å². The molecule has 27 heavy (non-hydrogen) atoms. The summed E-state index contributed by atoms with van der Waals surface area (Å²) in [7, 11) is 0. The maximum Gasteiger partial charge on any atom is 0.176 e. The number of amidine groups is 1. The largest absolute Gasteiger partial charge is 0.503 e. The summed E-state index contributed by atoms with van der Waals surface area (Å²) in [5, 5.41) is 11.6. The molecule has 3 heterocycles. The van der Waals surface area contributed by atoms with Crippen LogP contribution in [0, 0.1) is 0 Å². The van der Waals surface area contributed by atoms with Gasteiger partial charge in [0.2, 0.25) is 0 Å². The molecule has 0 radical (unpaired) electrons. The van der Waals surface area contributed by atoms with Gasteiger partial charge in [0.15, 0.2) is 16.7 Å². The Bertz CT molecular complexity index is 862. The number of fused-ring (bicyclic) bond motifs is 1. The standard InChI is InChI=1S/C20H22ClN3O2S/c1-3-13-11-27-20-23-17(15-7-5-6-8-22-15)18(24(13)20)12-9-14(21)19(25)16(10-12)26-4-2/h5-10,13,17-18,25H,3-4,11H2,1-2H3/t13-,17-,18-/m1/s1. The summed E-state index contributed by atoms with van der Waals surface area (Å²) in [4.78, 5) is 11.9. The summed E-state index contributed by atoms with van der Waals surface area (Å²) in [6.45, 7) is 4.55. The van der Waals surface area contributed by atoms with Crippen molar-refractivity contribution in [2.75, 3.05) is 12.4 Å². The van der Waals surface area contributed by atoms with Gasteiger partial charge in [-0.25, -0.2) is 0 Å². The van der Waals surface area contributed by atoms with Crippen LogP contribution in [-0.2, 0) is 0 Å². The molecule has 0 amide bonds. The molecule has 1 fully saturated rings. The van der Waals surface area contributed by atoms with Gasteiger partial charge in [0, 0.05) is 18.0 Å². The third-order valence-corrected chi connectivity index (χ3v) is 6.44. The molecule has 3 atom stereocenters. The van der Waals surface area contributed by atoms with Crippen LogP contribution in [0.1, 0.15) is 43.6 Å². The van der Waals surface area contributed by atoms with Crippen LogP contribution in [0.3, 0.4) is 0 Å². The summed E-state index contributed by atoms with van der Waals surface area (Å²) in [6.07, 6.45) is 2.84. The number of hydrogen-bond acceptors (Lipinski definition) is 6. The van der Waals surface area contributed by atoms with Crippen molar-refractivity contribution in [3.63, 3.8) is 0 Å². The summed E-state index contributed by atoms with van der Waals surface area (Å²) >= 11 is 8.13. The summed E-state index contributed by atoms with van der Waals surface area (Å²) < 4.78 is 5.61. The Morgan fingerprint density at radius 2 is 2.19 bits per heavy atom. The second-order valence-electron chi connectivity index (χ2n) is 6.62. The molecule has 0 aliphatic carbocycles. The number of pyridine rings is 1. The highest BCUT2D eigenvalue weighted by molar-refractivity contribution is 8.14. The van der Waals surface area contributed by atoms with E-state index >= 15 is 0 Å². The molecule has 0 saturated carbocycles. The van der Waals surface area contributed by atoms with Gasteiger partial charge in [-0.1, -0.05) is 36.4 Å². The number of halogens is 1. The highest BCUT2D eigenvalue weighted by atomic mass is 35.5. The van der Waals surface area contributed by atoms with Gasteiger partial charge < -0.3 is 14.7 Å². The van der Waals surface area contributed by atoms with Crippen molar-refractivity contribution in [2.24, 2.45) is 4.99 Å². The van der Waals surface area contributed by atoms with Crippen molar-refractivity contribution in [1.29, 1.82) is 0 Å². The maximum atomic E-state index is 10.2. The molecule has 1 aromatic carbocycles. The van der Waals surface area contributed by atoms with Gasteiger partial charge in [0.1, 0.15) is 6.04 Å². The first-order valence-corrected chi connectivity index (χ1v) is 10.6. The zero-order chi connectivity index (χ0) is 19.0. The number of phenolic OH excluding ortho intramolecular Hbond substituents is 1. The Kier molecular flexibility index (Phi) is 5.19. The van der Waals surface area contributed by atoms with Gasteiger partial charge >= 0.3 is 0 Å².